The molecule has 0 spiro atoms. The number of ether oxygens (including phenoxy) is 2. The topological polar surface area (TPSA) is 73.3 Å². The first-order chi connectivity index (χ1) is 13.1. The fourth-order valence-electron chi connectivity index (χ4n) is 2.16. The van der Waals surface area contributed by atoms with E-state index in [1.165, 1.54) is 41.2 Å². The van der Waals surface area contributed by atoms with E-state index in [1.54, 1.807) is 0 Å². The molecular weight excluding hydrogens is 369 g/mol. The normalized spacial score (nSPS) is 10.4. The third kappa shape index (κ3) is 5.75. The van der Waals surface area contributed by atoms with E-state index in [1.807, 2.05) is 24.3 Å². The number of aryl methyl sites for hydroxylation is 1. The average molecular weight is 387 g/mol. The third-order valence-electron chi connectivity index (χ3n) is 3.59. The van der Waals surface area contributed by atoms with Crippen molar-refractivity contribution in [2.75, 3.05) is 11.9 Å². The van der Waals surface area contributed by atoms with Gasteiger partial charge in [0.05, 0.1) is 0 Å². The Morgan fingerprint density at radius 3 is 2.41 bits per heavy atom. The number of aromatic nitrogens is 2. The highest BCUT2D eigenvalue weighted by molar-refractivity contribution is 7.15. The van der Waals surface area contributed by atoms with Gasteiger partial charge in [0.1, 0.15) is 23.9 Å². The number of rotatable bonds is 8. The van der Waals surface area contributed by atoms with Gasteiger partial charge in [-0.15, -0.1) is 10.2 Å². The molecule has 1 heterocycles. The van der Waals surface area contributed by atoms with Gasteiger partial charge in [-0.25, -0.2) is 4.39 Å². The Labute approximate surface area is 160 Å². The van der Waals surface area contributed by atoms with Crippen LogP contribution in [0.2, 0.25) is 0 Å². The molecule has 2 aromatic carbocycles. The van der Waals surface area contributed by atoms with Gasteiger partial charge in [0.2, 0.25) is 5.13 Å². The predicted octanol–water partition coefficient (Wildman–Crippen LogP) is 3.84. The molecule has 0 aliphatic heterocycles. The summed E-state index contributed by atoms with van der Waals surface area (Å²) in [6.07, 6.45) is 0.949. The minimum atomic E-state index is -0.327. The number of carbonyl (C=O) groups excluding carboxylic acids is 1. The van der Waals surface area contributed by atoms with Crippen molar-refractivity contribution in [2.45, 2.75) is 20.0 Å². The molecule has 1 N–H and O–H groups in total. The lowest BCUT2D eigenvalue weighted by Crippen LogP contribution is -2.20. The van der Waals surface area contributed by atoms with Crippen LogP contribution < -0.4 is 14.8 Å². The lowest BCUT2D eigenvalue weighted by molar-refractivity contribution is -0.118. The van der Waals surface area contributed by atoms with E-state index in [9.17, 15) is 9.18 Å². The zero-order valence-electron chi connectivity index (χ0n) is 14.6. The number of amides is 1. The number of benzene rings is 2. The molecule has 1 amide bonds. The number of nitrogens with one attached hydrogen (secondary N) is 1. The maximum Gasteiger partial charge on any atom is 0.264 e. The van der Waals surface area contributed by atoms with E-state index < -0.39 is 0 Å². The molecule has 0 aliphatic rings. The molecule has 3 rings (SSSR count). The minimum absolute atomic E-state index is 0.119. The number of nitrogens with zero attached hydrogens (tertiary/aromatic N) is 2. The fourth-order valence-corrected chi connectivity index (χ4v) is 2.83. The Kier molecular flexibility index (Phi) is 6.32. The summed E-state index contributed by atoms with van der Waals surface area (Å²) in [5, 5.41) is 11.4. The lowest BCUT2D eigenvalue weighted by Gasteiger charge is -2.06. The second kappa shape index (κ2) is 9.09. The summed E-state index contributed by atoms with van der Waals surface area (Å²) in [6, 6.07) is 13.3. The fraction of sp³-hybridized carbons (Fsp3) is 0.211. The summed E-state index contributed by atoms with van der Waals surface area (Å²) in [7, 11) is 0. The van der Waals surface area contributed by atoms with Gasteiger partial charge in [-0.05, 0) is 48.4 Å². The van der Waals surface area contributed by atoms with Crippen LogP contribution in [0.5, 0.6) is 11.5 Å². The van der Waals surface area contributed by atoms with E-state index in [-0.39, 0.29) is 24.9 Å². The highest BCUT2D eigenvalue weighted by atomic mass is 32.1. The second-order valence-corrected chi connectivity index (χ2v) is 6.64. The monoisotopic (exact) mass is 387 g/mol. The van der Waals surface area contributed by atoms with Crippen molar-refractivity contribution in [2.24, 2.45) is 0 Å². The molecule has 0 saturated heterocycles. The largest absolute Gasteiger partial charge is 0.486 e. The van der Waals surface area contributed by atoms with E-state index in [0.29, 0.717) is 21.6 Å². The van der Waals surface area contributed by atoms with Crippen molar-refractivity contribution in [1.82, 2.24) is 10.2 Å². The highest BCUT2D eigenvalue weighted by Crippen LogP contribution is 2.19. The zero-order chi connectivity index (χ0) is 19.1. The van der Waals surface area contributed by atoms with Crippen LogP contribution in [0.25, 0.3) is 0 Å². The van der Waals surface area contributed by atoms with Crippen LogP contribution >= 0.6 is 11.3 Å². The Hall–Kier alpha value is -3.00. The standard InChI is InChI=1S/C19H18FN3O3S/c1-2-13-3-7-15(8-4-13)25-11-17(24)21-19-23-22-18(27-19)12-26-16-9-5-14(20)6-10-16/h3-10H,2,11-12H2,1H3,(H,21,23,24). The molecule has 0 aliphatic carbocycles. The number of hydrogen-bond donors (Lipinski definition) is 1. The Morgan fingerprint density at radius 2 is 1.70 bits per heavy atom. The maximum atomic E-state index is 12.9. The average Bonchev–Trinajstić information content (AvgIpc) is 3.13. The van der Waals surface area contributed by atoms with Crippen LogP contribution in [-0.4, -0.2) is 22.7 Å². The van der Waals surface area contributed by atoms with Crippen molar-refractivity contribution in [3.63, 3.8) is 0 Å². The van der Waals surface area contributed by atoms with Gasteiger partial charge < -0.3 is 9.47 Å². The predicted molar refractivity (Wildman–Crippen MR) is 101 cm³/mol. The van der Waals surface area contributed by atoms with Crippen molar-refractivity contribution in [3.8, 4) is 11.5 Å². The number of hydrogen-bond acceptors (Lipinski definition) is 6. The molecule has 8 heteroatoms. The molecule has 0 unspecified atom stereocenters. The molecule has 0 saturated carbocycles. The summed E-state index contributed by atoms with van der Waals surface area (Å²) >= 11 is 1.20. The van der Waals surface area contributed by atoms with Gasteiger partial charge >= 0.3 is 0 Å². The van der Waals surface area contributed by atoms with Gasteiger partial charge in [0, 0.05) is 0 Å². The molecule has 0 radical (unpaired) electrons. The first kappa shape index (κ1) is 18.8. The van der Waals surface area contributed by atoms with Gasteiger partial charge in [0.15, 0.2) is 11.6 Å². The Morgan fingerprint density at radius 1 is 1.04 bits per heavy atom. The van der Waals surface area contributed by atoms with Gasteiger partial charge in [-0.3, -0.25) is 10.1 Å². The summed E-state index contributed by atoms with van der Waals surface area (Å²) in [6.45, 7) is 2.14. The highest BCUT2D eigenvalue weighted by Gasteiger charge is 2.10. The Bertz CT molecular complexity index is 882. The molecular formula is C19H18FN3O3S. The summed E-state index contributed by atoms with van der Waals surface area (Å²) in [4.78, 5) is 12.0. The minimum Gasteiger partial charge on any atom is -0.486 e. The van der Waals surface area contributed by atoms with Crippen LogP contribution in [0.3, 0.4) is 0 Å². The van der Waals surface area contributed by atoms with E-state index in [0.717, 1.165) is 6.42 Å². The third-order valence-corrected chi connectivity index (χ3v) is 4.40. The summed E-state index contributed by atoms with van der Waals surface area (Å²) in [5.74, 6) is 0.510. The van der Waals surface area contributed by atoms with E-state index in [4.69, 9.17) is 9.47 Å². The van der Waals surface area contributed by atoms with Gasteiger partial charge in [-0.1, -0.05) is 30.4 Å². The van der Waals surface area contributed by atoms with Crippen molar-refractivity contribution in [3.05, 3.63) is 64.9 Å². The summed E-state index contributed by atoms with van der Waals surface area (Å²) in [5.41, 5.74) is 1.20. The molecule has 0 fully saturated rings. The van der Waals surface area contributed by atoms with Crippen molar-refractivity contribution < 1.29 is 18.7 Å². The van der Waals surface area contributed by atoms with Crippen molar-refractivity contribution >= 4 is 22.4 Å². The van der Waals surface area contributed by atoms with Crippen LogP contribution in [0.15, 0.2) is 48.5 Å². The van der Waals surface area contributed by atoms with E-state index in [2.05, 4.69) is 22.4 Å². The van der Waals surface area contributed by atoms with Crippen LogP contribution in [-0.2, 0) is 17.8 Å². The van der Waals surface area contributed by atoms with Gasteiger partial charge in [0.25, 0.3) is 5.91 Å². The zero-order valence-corrected chi connectivity index (χ0v) is 15.5. The smallest absolute Gasteiger partial charge is 0.264 e. The molecule has 0 atom stereocenters. The Balaban J connectivity index is 1.44. The molecule has 6 nitrogen and oxygen atoms in total. The molecule has 140 valence electrons. The molecule has 1 aromatic heterocycles. The lowest BCUT2D eigenvalue weighted by atomic mass is 10.2. The van der Waals surface area contributed by atoms with Crippen molar-refractivity contribution in [1.29, 1.82) is 0 Å². The number of carbonyl (C=O) groups is 1. The van der Waals surface area contributed by atoms with Crippen LogP contribution in [0.4, 0.5) is 9.52 Å². The van der Waals surface area contributed by atoms with Gasteiger partial charge in [-0.2, -0.15) is 0 Å². The molecule has 3 aromatic rings. The second-order valence-electron chi connectivity index (χ2n) is 5.58. The molecule has 0 bridgehead atoms. The quantitative estimate of drug-likeness (QED) is 0.636. The molecule has 27 heavy (non-hydrogen) atoms. The SMILES string of the molecule is CCc1ccc(OCC(=O)Nc2nnc(COc3ccc(F)cc3)s2)cc1. The maximum absolute atomic E-state index is 12.9. The number of halogens is 1. The summed E-state index contributed by atoms with van der Waals surface area (Å²) < 4.78 is 23.8. The van der Waals surface area contributed by atoms with Crippen LogP contribution in [0.1, 0.15) is 17.5 Å². The number of anilines is 1. The first-order valence-electron chi connectivity index (χ1n) is 8.34. The van der Waals surface area contributed by atoms with E-state index >= 15 is 0 Å². The first-order valence-corrected chi connectivity index (χ1v) is 9.16. The van der Waals surface area contributed by atoms with Crippen LogP contribution in [0, 0.1) is 5.82 Å².